The predicted molar refractivity (Wildman–Crippen MR) is 152 cm³/mol. The van der Waals surface area contributed by atoms with Gasteiger partial charge in [0.05, 0.1) is 11.2 Å². The van der Waals surface area contributed by atoms with Crippen LogP contribution in [0.5, 0.6) is 0 Å². The Labute approximate surface area is 234 Å². The van der Waals surface area contributed by atoms with E-state index in [9.17, 15) is 14.4 Å². The summed E-state index contributed by atoms with van der Waals surface area (Å²) >= 11 is 0. The first kappa shape index (κ1) is 29.0. The van der Waals surface area contributed by atoms with E-state index in [4.69, 9.17) is 11.5 Å². The summed E-state index contributed by atoms with van der Waals surface area (Å²) in [5.74, 6) is 1.51. The normalized spacial score (nSPS) is 23.0. The van der Waals surface area contributed by atoms with Crippen LogP contribution in [-0.2, 0) is 11.2 Å². The summed E-state index contributed by atoms with van der Waals surface area (Å²) in [7, 11) is 0. The molecule has 12 heteroatoms. The van der Waals surface area contributed by atoms with E-state index in [0.29, 0.717) is 38.1 Å². The molecule has 1 aliphatic carbocycles. The molecule has 5 N–H and O–H groups in total. The molecule has 3 atom stereocenters. The fourth-order valence-corrected chi connectivity index (χ4v) is 5.72. The summed E-state index contributed by atoms with van der Waals surface area (Å²) in [6, 6.07) is 9.57. The number of piperazine rings is 1. The van der Waals surface area contributed by atoms with Crippen molar-refractivity contribution in [3.63, 3.8) is 0 Å². The molecule has 212 valence electrons. The lowest BCUT2D eigenvalue weighted by Crippen LogP contribution is -2.58. The molecule has 39 heavy (non-hydrogen) atoms. The van der Waals surface area contributed by atoms with E-state index in [1.54, 1.807) is 35.9 Å². The van der Waals surface area contributed by atoms with Gasteiger partial charge in [0.15, 0.2) is 0 Å². The molecule has 1 aromatic heterocycles. The Morgan fingerprint density at radius 2 is 1.72 bits per heavy atom. The first-order valence-electron chi connectivity index (χ1n) is 13.4. The Balaban J connectivity index is 0.00000353. The van der Waals surface area contributed by atoms with E-state index in [1.807, 2.05) is 24.3 Å². The average Bonchev–Trinajstić information content (AvgIpc) is 3.23. The number of hydrogen-bond acceptors (Lipinski definition) is 7. The summed E-state index contributed by atoms with van der Waals surface area (Å²) in [6.45, 7) is 8.20. The van der Waals surface area contributed by atoms with Gasteiger partial charge in [-0.3, -0.25) is 14.7 Å². The standard InChI is InChI=1S/C27H38N8O3.ClH/c1-27(2,29)24(36)33-11-13-34(14-12-33)25(37)30-23-8-10-35(26(38)31-23)20-5-3-18(4-6-20)7-9-32-16-19-15-22(28)21(19)17-32;/h3-6,8,10,19,21-22H,7,9,11-17,28-29H2,1-2H3,(H,30,31,37,38);1H. The van der Waals surface area contributed by atoms with Crippen LogP contribution < -0.4 is 22.5 Å². The van der Waals surface area contributed by atoms with Gasteiger partial charge >= 0.3 is 11.7 Å². The van der Waals surface area contributed by atoms with E-state index in [0.717, 1.165) is 44.1 Å². The third-order valence-electron chi connectivity index (χ3n) is 8.07. The maximum atomic E-state index is 12.7. The molecule has 2 saturated heterocycles. The van der Waals surface area contributed by atoms with Gasteiger partial charge in [0.25, 0.3) is 0 Å². The summed E-state index contributed by atoms with van der Waals surface area (Å²) in [4.78, 5) is 47.6. The first-order valence-corrected chi connectivity index (χ1v) is 13.4. The van der Waals surface area contributed by atoms with Crippen LogP contribution >= 0.6 is 12.4 Å². The van der Waals surface area contributed by atoms with Crippen molar-refractivity contribution in [1.82, 2.24) is 24.3 Å². The third-order valence-corrected chi connectivity index (χ3v) is 8.07. The maximum Gasteiger partial charge on any atom is 0.354 e. The van der Waals surface area contributed by atoms with Crippen LogP contribution in [0.4, 0.5) is 10.6 Å². The lowest BCUT2D eigenvalue weighted by molar-refractivity contribution is -0.137. The van der Waals surface area contributed by atoms with Gasteiger partial charge < -0.3 is 26.2 Å². The second kappa shape index (κ2) is 11.6. The molecule has 3 amide bonds. The Morgan fingerprint density at radius 1 is 1.05 bits per heavy atom. The van der Waals surface area contributed by atoms with E-state index in [1.165, 1.54) is 10.1 Å². The Kier molecular flexibility index (Phi) is 8.65. The Morgan fingerprint density at radius 3 is 2.31 bits per heavy atom. The zero-order chi connectivity index (χ0) is 27.0. The largest absolute Gasteiger partial charge is 0.354 e. The number of fused-ring (bicyclic) bond motifs is 1. The van der Waals surface area contributed by atoms with Gasteiger partial charge in [-0.25, -0.2) is 9.59 Å². The number of aromatic nitrogens is 2. The first-order chi connectivity index (χ1) is 18.1. The van der Waals surface area contributed by atoms with E-state index in [2.05, 4.69) is 15.2 Å². The van der Waals surface area contributed by atoms with Crippen molar-refractivity contribution in [3.05, 3.63) is 52.6 Å². The average molecular weight is 559 g/mol. The molecule has 0 bridgehead atoms. The van der Waals surface area contributed by atoms with Crippen LogP contribution in [0, 0.1) is 11.8 Å². The van der Waals surface area contributed by atoms with Crippen LogP contribution in [-0.4, -0.2) is 93.6 Å². The highest BCUT2D eigenvalue weighted by Gasteiger charge is 2.44. The van der Waals surface area contributed by atoms with Crippen LogP contribution in [0.3, 0.4) is 0 Å². The number of urea groups is 1. The van der Waals surface area contributed by atoms with Gasteiger partial charge in [0.1, 0.15) is 5.82 Å². The van der Waals surface area contributed by atoms with E-state index >= 15 is 0 Å². The number of rotatable bonds is 6. The highest BCUT2D eigenvalue weighted by molar-refractivity contribution is 5.89. The van der Waals surface area contributed by atoms with Crippen molar-refractivity contribution in [2.24, 2.45) is 23.3 Å². The Bertz CT molecular complexity index is 1240. The minimum Gasteiger partial charge on any atom is -0.338 e. The molecule has 3 fully saturated rings. The highest BCUT2D eigenvalue weighted by Crippen LogP contribution is 2.39. The zero-order valence-electron chi connectivity index (χ0n) is 22.6. The van der Waals surface area contributed by atoms with Gasteiger partial charge in [0.2, 0.25) is 5.91 Å². The number of likely N-dealkylation sites (tertiary alicyclic amines) is 1. The van der Waals surface area contributed by atoms with Gasteiger partial charge in [0, 0.05) is 58.1 Å². The number of nitrogens with two attached hydrogens (primary N) is 2. The van der Waals surface area contributed by atoms with Gasteiger partial charge in [-0.2, -0.15) is 4.98 Å². The number of carbonyl (C=O) groups is 2. The molecule has 11 nitrogen and oxygen atoms in total. The highest BCUT2D eigenvalue weighted by atomic mass is 35.5. The number of benzene rings is 1. The van der Waals surface area contributed by atoms with Gasteiger partial charge in [-0.05, 0) is 62.3 Å². The fourth-order valence-electron chi connectivity index (χ4n) is 5.72. The quantitative estimate of drug-likeness (QED) is 0.478. The number of halogens is 1. The topological polar surface area (TPSA) is 143 Å². The summed E-state index contributed by atoms with van der Waals surface area (Å²) in [6.07, 6.45) is 3.73. The maximum absolute atomic E-state index is 12.7. The van der Waals surface area contributed by atoms with Gasteiger partial charge in [-0.1, -0.05) is 12.1 Å². The molecule has 2 aromatic rings. The van der Waals surface area contributed by atoms with Crippen molar-refractivity contribution in [1.29, 1.82) is 0 Å². The van der Waals surface area contributed by atoms with Crippen LogP contribution in [0.2, 0.25) is 0 Å². The fraction of sp³-hybridized carbons (Fsp3) is 0.556. The van der Waals surface area contributed by atoms with Crippen molar-refractivity contribution < 1.29 is 9.59 Å². The summed E-state index contributed by atoms with van der Waals surface area (Å²) in [5, 5.41) is 2.69. The van der Waals surface area contributed by atoms with Crippen molar-refractivity contribution >= 4 is 30.2 Å². The lowest BCUT2D eigenvalue weighted by Gasteiger charge is -2.37. The minimum absolute atomic E-state index is 0. The van der Waals surface area contributed by atoms with Crippen molar-refractivity contribution in [3.8, 4) is 5.69 Å². The van der Waals surface area contributed by atoms with E-state index < -0.39 is 11.2 Å². The molecule has 2 aliphatic heterocycles. The molecule has 1 aromatic carbocycles. The molecular weight excluding hydrogens is 520 g/mol. The molecule has 0 spiro atoms. The zero-order valence-corrected chi connectivity index (χ0v) is 23.4. The van der Waals surface area contributed by atoms with Crippen molar-refractivity contribution in [2.45, 2.75) is 38.3 Å². The number of anilines is 1. The lowest BCUT2D eigenvalue weighted by atomic mass is 9.72. The second-order valence-electron chi connectivity index (χ2n) is 11.4. The number of nitrogens with one attached hydrogen (secondary N) is 1. The number of nitrogens with zero attached hydrogens (tertiary/aromatic N) is 5. The van der Waals surface area contributed by atoms with Crippen LogP contribution in [0.25, 0.3) is 5.69 Å². The Hall–Kier alpha value is -2.99. The molecule has 0 radical (unpaired) electrons. The molecule has 5 rings (SSSR count). The number of carbonyl (C=O) groups excluding carboxylic acids is 2. The van der Waals surface area contributed by atoms with E-state index in [-0.39, 0.29) is 30.2 Å². The summed E-state index contributed by atoms with van der Waals surface area (Å²) < 4.78 is 1.46. The molecule has 3 aliphatic rings. The van der Waals surface area contributed by atoms with Crippen LogP contribution in [0.15, 0.2) is 41.3 Å². The summed E-state index contributed by atoms with van der Waals surface area (Å²) in [5.41, 5.74) is 12.5. The predicted octanol–water partition coefficient (Wildman–Crippen LogP) is 0.889. The van der Waals surface area contributed by atoms with Crippen LogP contribution in [0.1, 0.15) is 25.8 Å². The minimum atomic E-state index is -0.943. The SMILES string of the molecule is CC(C)(N)C(=O)N1CCN(C(=O)Nc2ccn(-c3ccc(CCN4CC5CC(N)C5C4)cc3)c(=O)n2)CC1.Cl. The molecule has 3 unspecified atom stereocenters. The van der Waals surface area contributed by atoms with Crippen molar-refractivity contribution in [2.75, 3.05) is 51.1 Å². The number of hydrogen-bond donors (Lipinski definition) is 3. The monoisotopic (exact) mass is 558 g/mol. The molecular formula is C27H39ClN8O3. The smallest absolute Gasteiger partial charge is 0.338 e. The third kappa shape index (κ3) is 6.43. The number of amides is 3. The molecule has 3 heterocycles. The second-order valence-corrected chi connectivity index (χ2v) is 11.4. The molecule has 1 saturated carbocycles. The van der Waals surface area contributed by atoms with Gasteiger partial charge in [-0.15, -0.1) is 12.4 Å².